The first-order valence-electron chi connectivity index (χ1n) is 10.2. The van der Waals surface area contributed by atoms with Crippen LogP contribution in [0.5, 0.6) is 17.2 Å². The molecule has 0 fully saturated rings. The van der Waals surface area contributed by atoms with Crippen LogP contribution in [0.15, 0.2) is 66.7 Å². The summed E-state index contributed by atoms with van der Waals surface area (Å²) in [5.74, 6) is 2.36. The molecule has 0 saturated heterocycles. The summed E-state index contributed by atoms with van der Waals surface area (Å²) in [6, 6.07) is 23.1. The first-order valence-corrected chi connectivity index (χ1v) is 10.2. The van der Waals surface area contributed by atoms with Crippen LogP contribution >= 0.6 is 0 Å². The molecule has 0 amide bonds. The minimum absolute atomic E-state index is 0.0574. The summed E-state index contributed by atoms with van der Waals surface area (Å²) in [5.41, 5.74) is 4.80. The molecule has 0 radical (unpaired) electrons. The molecule has 0 aliphatic carbocycles. The van der Waals surface area contributed by atoms with Crippen molar-refractivity contribution in [3.05, 3.63) is 83.4 Å². The van der Waals surface area contributed by atoms with Gasteiger partial charge in [0.1, 0.15) is 5.75 Å². The van der Waals surface area contributed by atoms with Crippen LogP contribution < -0.4 is 24.8 Å². The zero-order valence-electron chi connectivity index (χ0n) is 17.6. The van der Waals surface area contributed by atoms with Gasteiger partial charge in [0.15, 0.2) is 11.5 Å². The molecular formula is C25H28N2O3. The third-order valence-electron chi connectivity index (χ3n) is 5.60. The van der Waals surface area contributed by atoms with Crippen molar-refractivity contribution in [3.8, 4) is 17.2 Å². The lowest BCUT2D eigenvalue weighted by atomic mass is 9.86. The summed E-state index contributed by atoms with van der Waals surface area (Å²) in [7, 11) is 5.04. The summed E-state index contributed by atoms with van der Waals surface area (Å²) >= 11 is 0. The Morgan fingerprint density at radius 3 is 2.23 bits per heavy atom. The maximum absolute atomic E-state index is 5.57. The largest absolute Gasteiger partial charge is 0.497 e. The van der Waals surface area contributed by atoms with Crippen molar-refractivity contribution in [1.29, 1.82) is 0 Å². The van der Waals surface area contributed by atoms with Gasteiger partial charge < -0.3 is 24.8 Å². The predicted molar refractivity (Wildman–Crippen MR) is 120 cm³/mol. The van der Waals surface area contributed by atoms with Crippen LogP contribution in [0, 0.1) is 0 Å². The Kier molecular flexibility index (Phi) is 6.10. The topological polar surface area (TPSA) is 51.8 Å². The Labute approximate surface area is 178 Å². The van der Waals surface area contributed by atoms with E-state index in [1.807, 2.05) is 30.3 Å². The van der Waals surface area contributed by atoms with Crippen LogP contribution in [-0.2, 0) is 6.42 Å². The summed E-state index contributed by atoms with van der Waals surface area (Å²) in [4.78, 5) is 0. The molecule has 1 aliphatic rings. The van der Waals surface area contributed by atoms with E-state index in [9.17, 15) is 0 Å². The molecule has 1 heterocycles. The van der Waals surface area contributed by atoms with Gasteiger partial charge in [-0.05, 0) is 59.5 Å². The van der Waals surface area contributed by atoms with Crippen LogP contribution in [0.1, 0.15) is 22.7 Å². The molecule has 0 spiro atoms. The van der Waals surface area contributed by atoms with E-state index >= 15 is 0 Å². The molecule has 30 heavy (non-hydrogen) atoms. The number of hydrogen-bond acceptors (Lipinski definition) is 5. The Morgan fingerprint density at radius 1 is 0.867 bits per heavy atom. The van der Waals surface area contributed by atoms with Gasteiger partial charge >= 0.3 is 0 Å². The second-order valence-corrected chi connectivity index (χ2v) is 7.43. The summed E-state index contributed by atoms with van der Waals surface area (Å²) in [6.07, 6.45) is 0.905. The number of anilines is 1. The van der Waals surface area contributed by atoms with Gasteiger partial charge in [-0.25, -0.2) is 0 Å². The van der Waals surface area contributed by atoms with Crippen molar-refractivity contribution >= 4 is 5.69 Å². The van der Waals surface area contributed by atoms with Crippen LogP contribution in [0.2, 0.25) is 0 Å². The van der Waals surface area contributed by atoms with E-state index in [4.69, 9.17) is 14.2 Å². The average Bonchev–Trinajstić information content (AvgIpc) is 2.82. The van der Waals surface area contributed by atoms with Crippen molar-refractivity contribution in [1.82, 2.24) is 5.32 Å². The molecule has 5 nitrogen and oxygen atoms in total. The van der Waals surface area contributed by atoms with E-state index in [2.05, 4.69) is 47.0 Å². The second-order valence-electron chi connectivity index (χ2n) is 7.43. The fraction of sp³-hybridized carbons (Fsp3) is 0.280. The molecule has 2 N–H and O–H groups in total. The molecule has 4 rings (SSSR count). The Morgan fingerprint density at radius 2 is 1.57 bits per heavy atom. The molecular weight excluding hydrogens is 376 g/mol. The number of nitrogens with one attached hydrogen (secondary N) is 2. The van der Waals surface area contributed by atoms with Gasteiger partial charge in [0.25, 0.3) is 0 Å². The lowest BCUT2D eigenvalue weighted by Crippen LogP contribution is -2.44. The normalized spacial score (nSPS) is 17.7. The molecule has 156 valence electrons. The monoisotopic (exact) mass is 404 g/mol. The first-order chi connectivity index (χ1) is 14.7. The Hall–Kier alpha value is -3.18. The molecule has 0 saturated carbocycles. The zero-order valence-corrected chi connectivity index (χ0v) is 17.6. The molecule has 0 aromatic heterocycles. The van der Waals surface area contributed by atoms with Gasteiger partial charge in [0.05, 0.1) is 27.4 Å². The molecule has 5 heteroatoms. The average molecular weight is 405 g/mol. The lowest BCUT2D eigenvalue weighted by Gasteiger charge is -2.34. The maximum atomic E-state index is 5.57. The predicted octanol–water partition coefficient (Wildman–Crippen LogP) is 4.43. The van der Waals surface area contributed by atoms with Crippen LogP contribution in [-0.4, -0.2) is 33.9 Å². The molecule has 3 aromatic rings. The minimum Gasteiger partial charge on any atom is -0.497 e. The van der Waals surface area contributed by atoms with E-state index in [-0.39, 0.29) is 12.1 Å². The second kappa shape index (κ2) is 9.09. The Balaban J connectivity index is 1.66. The van der Waals surface area contributed by atoms with Crippen molar-refractivity contribution in [2.75, 3.05) is 33.2 Å². The minimum atomic E-state index is 0.0574. The van der Waals surface area contributed by atoms with Gasteiger partial charge in [0, 0.05) is 18.3 Å². The highest BCUT2D eigenvalue weighted by Crippen LogP contribution is 2.38. The van der Waals surface area contributed by atoms with E-state index in [1.165, 1.54) is 16.7 Å². The molecule has 2 atom stereocenters. The van der Waals surface area contributed by atoms with E-state index in [1.54, 1.807) is 21.3 Å². The van der Waals surface area contributed by atoms with Gasteiger partial charge in [-0.1, -0.05) is 30.3 Å². The van der Waals surface area contributed by atoms with Gasteiger partial charge in [-0.2, -0.15) is 0 Å². The highest BCUT2D eigenvalue weighted by Gasteiger charge is 2.29. The van der Waals surface area contributed by atoms with Crippen molar-refractivity contribution in [2.45, 2.75) is 18.5 Å². The highest BCUT2D eigenvalue weighted by molar-refractivity contribution is 5.52. The number of fused-ring (bicyclic) bond motifs is 1. The SMILES string of the molecule is COc1ccc([C@@H]2N[C@H](CNc3ccccc3)Cc3cc(OC)c(OC)cc32)cc1. The standard InChI is InChI=1S/C25H28N2O3/c1-28-21-11-9-17(10-12-21)25-22-15-24(30-3)23(29-2)14-18(22)13-20(27-25)16-26-19-7-5-4-6-8-19/h4-12,14-15,20,25-27H,13,16H2,1-3H3/t20-,25-/m0/s1. The summed E-state index contributed by atoms with van der Waals surface area (Å²) < 4.78 is 16.5. The molecule has 1 aliphatic heterocycles. The number of para-hydroxylation sites is 1. The number of benzene rings is 3. The van der Waals surface area contributed by atoms with Crippen molar-refractivity contribution in [3.63, 3.8) is 0 Å². The Bertz CT molecular complexity index is 974. The highest BCUT2D eigenvalue weighted by atomic mass is 16.5. The van der Waals surface area contributed by atoms with Gasteiger partial charge in [-0.3, -0.25) is 0 Å². The van der Waals surface area contributed by atoms with Gasteiger partial charge in [-0.15, -0.1) is 0 Å². The maximum Gasteiger partial charge on any atom is 0.161 e. The first kappa shape index (κ1) is 20.1. The quantitative estimate of drug-likeness (QED) is 0.610. The molecule has 3 aromatic carbocycles. The number of ether oxygens (including phenoxy) is 3. The lowest BCUT2D eigenvalue weighted by molar-refractivity contribution is 0.351. The summed E-state index contributed by atoms with van der Waals surface area (Å²) in [6.45, 7) is 0.824. The van der Waals surface area contributed by atoms with Crippen molar-refractivity contribution < 1.29 is 14.2 Å². The van der Waals surface area contributed by atoms with Crippen LogP contribution in [0.4, 0.5) is 5.69 Å². The van der Waals surface area contributed by atoms with E-state index in [0.717, 1.165) is 35.9 Å². The molecule has 0 bridgehead atoms. The zero-order chi connectivity index (χ0) is 20.9. The number of hydrogen-bond donors (Lipinski definition) is 2. The smallest absolute Gasteiger partial charge is 0.161 e. The van der Waals surface area contributed by atoms with Gasteiger partial charge in [0.2, 0.25) is 0 Å². The van der Waals surface area contributed by atoms with Crippen LogP contribution in [0.3, 0.4) is 0 Å². The van der Waals surface area contributed by atoms with Crippen molar-refractivity contribution in [2.24, 2.45) is 0 Å². The van der Waals surface area contributed by atoms with E-state index in [0.29, 0.717) is 0 Å². The third kappa shape index (κ3) is 4.21. The van der Waals surface area contributed by atoms with Crippen LogP contribution in [0.25, 0.3) is 0 Å². The number of methoxy groups -OCH3 is 3. The number of rotatable bonds is 7. The third-order valence-corrected chi connectivity index (χ3v) is 5.60. The fourth-order valence-electron chi connectivity index (χ4n) is 4.03. The fourth-order valence-corrected chi connectivity index (χ4v) is 4.03. The summed E-state index contributed by atoms with van der Waals surface area (Å²) in [5, 5.41) is 7.37. The van der Waals surface area contributed by atoms with E-state index < -0.39 is 0 Å². The molecule has 0 unspecified atom stereocenters.